The number of anilines is 1. The van der Waals surface area contributed by atoms with E-state index in [1.165, 1.54) is 12.1 Å². The Balaban J connectivity index is 2.27. The molecule has 0 amide bonds. The summed E-state index contributed by atoms with van der Waals surface area (Å²) in [6.45, 7) is -0.205. The van der Waals surface area contributed by atoms with Gasteiger partial charge in [-0.05, 0) is 12.1 Å². The topological polar surface area (TPSA) is 182 Å². The molecule has 0 atom stereocenters. The molecule has 0 aliphatic heterocycles. The summed E-state index contributed by atoms with van der Waals surface area (Å²) in [6, 6.07) is 3.27. The van der Waals surface area contributed by atoms with E-state index >= 15 is 0 Å². The maximum atomic E-state index is 12.0. The third-order valence-corrected chi connectivity index (χ3v) is 3.84. The number of nitrogens with one attached hydrogen (secondary N) is 3. The zero-order valence-corrected chi connectivity index (χ0v) is 11.2. The molecule has 0 radical (unpaired) electrons. The fraction of sp³-hybridized carbons (Fsp3) is 0.125. The molecule has 13 heteroatoms. The van der Waals surface area contributed by atoms with E-state index in [1.807, 2.05) is 0 Å². The van der Waals surface area contributed by atoms with Crippen LogP contribution in [0.25, 0.3) is 0 Å². The molecule has 1 aromatic heterocycles. The van der Waals surface area contributed by atoms with Gasteiger partial charge >= 0.3 is 0 Å². The Bertz CT molecular complexity index is 744. The standard InChI is InChI=1S/C8H10N8O4S/c9-11-6-2-1-5(3-7(6)16(17)18)21(19,20)10-4-8-12-14-15-13-8/h1-3,10-11H,4,9H2,(H,12,13,14,15). The fourth-order valence-electron chi connectivity index (χ4n) is 1.45. The Morgan fingerprint density at radius 1 is 1.43 bits per heavy atom. The molecule has 12 nitrogen and oxygen atoms in total. The van der Waals surface area contributed by atoms with Crippen molar-refractivity contribution in [2.24, 2.45) is 5.84 Å². The number of aromatic amines is 1. The molecule has 0 bridgehead atoms. The summed E-state index contributed by atoms with van der Waals surface area (Å²) in [6.07, 6.45) is 0. The van der Waals surface area contributed by atoms with Crippen molar-refractivity contribution in [2.75, 3.05) is 5.43 Å². The Hall–Kier alpha value is -2.64. The number of benzene rings is 1. The van der Waals surface area contributed by atoms with Crippen molar-refractivity contribution in [1.29, 1.82) is 0 Å². The van der Waals surface area contributed by atoms with E-state index < -0.39 is 20.6 Å². The van der Waals surface area contributed by atoms with Crippen molar-refractivity contribution < 1.29 is 13.3 Å². The quantitative estimate of drug-likeness (QED) is 0.291. The van der Waals surface area contributed by atoms with Crippen molar-refractivity contribution in [3.63, 3.8) is 0 Å². The average Bonchev–Trinajstić information content (AvgIpc) is 2.97. The van der Waals surface area contributed by atoms with Crippen molar-refractivity contribution in [3.8, 4) is 0 Å². The summed E-state index contributed by atoms with van der Waals surface area (Å²) in [5.74, 6) is 5.26. The van der Waals surface area contributed by atoms with Gasteiger partial charge in [-0.2, -0.15) is 5.21 Å². The molecule has 0 saturated carbocycles. The fourth-order valence-corrected chi connectivity index (χ4v) is 2.45. The molecule has 0 spiro atoms. The van der Waals surface area contributed by atoms with Gasteiger partial charge in [-0.25, -0.2) is 13.1 Å². The van der Waals surface area contributed by atoms with Crippen LogP contribution in [-0.2, 0) is 16.6 Å². The highest BCUT2D eigenvalue weighted by molar-refractivity contribution is 7.89. The Morgan fingerprint density at radius 3 is 2.76 bits per heavy atom. The summed E-state index contributed by atoms with van der Waals surface area (Å²) in [7, 11) is -3.96. The third-order valence-electron chi connectivity index (χ3n) is 2.44. The second-order valence-electron chi connectivity index (χ2n) is 3.73. The second kappa shape index (κ2) is 5.78. The van der Waals surface area contributed by atoms with E-state index in [0.717, 1.165) is 6.07 Å². The predicted octanol–water partition coefficient (Wildman–Crippen LogP) is -1.13. The number of nitrogen functional groups attached to an aromatic ring is 1. The zero-order chi connectivity index (χ0) is 15.5. The lowest BCUT2D eigenvalue weighted by Gasteiger charge is -2.07. The number of H-pyrrole nitrogens is 1. The molecule has 2 aromatic rings. The number of tetrazole rings is 1. The van der Waals surface area contributed by atoms with Crippen LogP contribution in [0.5, 0.6) is 0 Å². The van der Waals surface area contributed by atoms with Crippen LogP contribution in [-0.4, -0.2) is 34.0 Å². The van der Waals surface area contributed by atoms with Gasteiger partial charge in [0.25, 0.3) is 5.69 Å². The normalized spacial score (nSPS) is 11.3. The molecule has 5 N–H and O–H groups in total. The van der Waals surface area contributed by atoms with Gasteiger partial charge in [0.1, 0.15) is 5.69 Å². The highest BCUT2D eigenvalue weighted by atomic mass is 32.2. The van der Waals surface area contributed by atoms with E-state index in [1.54, 1.807) is 0 Å². The number of hydrogen-bond donors (Lipinski definition) is 4. The van der Waals surface area contributed by atoms with Crippen LogP contribution in [0.1, 0.15) is 5.82 Å². The van der Waals surface area contributed by atoms with E-state index in [2.05, 4.69) is 30.8 Å². The van der Waals surface area contributed by atoms with Crippen LogP contribution < -0.4 is 16.0 Å². The molecule has 1 aromatic carbocycles. The third kappa shape index (κ3) is 3.28. The van der Waals surface area contributed by atoms with Crippen LogP contribution in [0.4, 0.5) is 11.4 Å². The van der Waals surface area contributed by atoms with Crippen LogP contribution in [0.2, 0.25) is 0 Å². The zero-order valence-electron chi connectivity index (χ0n) is 10.3. The SMILES string of the molecule is NNc1ccc(S(=O)(=O)NCc2nn[nH]n2)cc1[N+](=O)[O-]. The number of sulfonamides is 1. The maximum absolute atomic E-state index is 12.0. The van der Waals surface area contributed by atoms with E-state index in [-0.39, 0.29) is 23.0 Å². The molecule has 0 aliphatic rings. The average molecular weight is 314 g/mol. The first-order valence-corrected chi connectivity index (χ1v) is 6.89. The predicted molar refractivity (Wildman–Crippen MR) is 69.1 cm³/mol. The van der Waals surface area contributed by atoms with Crippen molar-refractivity contribution >= 4 is 21.4 Å². The highest BCUT2D eigenvalue weighted by Gasteiger charge is 2.21. The minimum absolute atomic E-state index is 0.00267. The lowest BCUT2D eigenvalue weighted by Crippen LogP contribution is -2.24. The minimum Gasteiger partial charge on any atom is -0.318 e. The number of hydrazine groups is 1. The van der Waals surface area contributed by atoms with Gasteiger partial charge in [-0.1, -0.05) is 5.21 Å². The van der Waals surface area contributed by atoms with Crippen LogP contribution in [0, 0.1) is 10.1 Å². The first-order valence-electron chi connectivity index (χ1n) is 5.41. The largest absolute Gasteiger partial charge is 0.318 e. The van der Waals surface area contributed by atoms with E-state index in [4.69, 9.17) is 5.84 Å². The van der Waals surface area contributed by atoms with Gasteiger partial charge in [0.15, 0.2) is 5.82 Å². The Morgan fingerprint density at radius 2 is 2.19 bits per heavy atom. The second-order valence-corrected chi connectivity index (χ2v) is 5.50. The first-order chi connectivity index (χ1) is 9.94. The number of nitrogens with two attached hydrogens (primary N) is 1. The van der Waals surface area contributed by atoms with Crippen LogP contribution >= 0.6 is 0 Å². The molecule has 1 heterocycles. The van der Waals surface area contributed by atoms with E-state index in [9.17, 15) is 18.5 Å². The smallest absolute Gasteiger partial charge is 0.294 e. The van der Waals surface area contributed by atoms with Gasteiger partial charge < -0.3 is 5.43 Å². The molecule has 112 valence electrons. The summed E-state index contributed by atoms with van der Waals surface area (Å²) in [5.41, 5.74) is 1.66. The highest BCUT2D eigenvalue weighted by Crippen LogP contribution is 2.26. The molecular formula is C8H10N8O4S. The number of hydrogen-bond acceptors (Lipinski definition) is 9. The monoisotopic (exact) mass is 314 g/mol. The molecule has 2 rings (SSSR count). The van der Waals surface area contributed by atoms with Gasteiger partial charge in [0, 0.05) is 6.07 Å². The summed E-state index contributed by atoms with van der Waals surface area (Å²) in [4.78, 5) is 9.84. The van der Waals surface area contributed by atoms with E-state index in [0.29, 0.717) is 0 Å². The first kappa shape index (κ1) is 14.8. The molecular weight excluding hydrogens is 304 g/mol. The number of nitro groups is 1. The number of rotatable bonds is 6. The van der Waals surface area contributed by atoms with Gasteiger partial charge in [0.05, 0.1) is 16.4 Å². The van der Waals surface area contributed by atoms with Crippen molar-refractivity contribution in [3.05, 3.63) is 34.1 Å². The lowest BCUT2D eigenvalue weighted by molar-refractivity contribution is -0.384. The summed E-state index contributed by atoms with van der Waals surface area (Å²) < 4.78 is 26.3. The van der Waals surface area contributed by atoms with Gasteiger partial charge in [-0.15, -0.1) is 10.2 Å². The molecule has 0 unspecified atom stereocenters. The number of nitro benzene ring substituents is 1. The number of nitrogens with zero attached hydrogens (tertiary/aromatic N) is 4. The van der Waals surface area contributed by atoms with Crippen molar-refractivity contribution in [1.82, 2.24) is 25.3 Å². The Labute approximate surface area is 117 Å². The lowest BCUT2D eigenvalue weighted by atomic mass is 10.3. The number of aromatic nitrogens is 4. The van der Waals surface area contributed by atoms with Crippen molar-refractivity contribution in [2.45, 2.75) is 11.4 Å². The van der Waals surface area contributed by atoms with Gasteiger partial charge in [-0.3, -0.25) is 16.0 Å². The minimum atomic E-state index is -3.96. The maximum Gasteiger partial charge on any atom is 0.294 e. The molecule has 0 saturated heterocycles. The summed E-state index contributed by atoms with van der Waals surface area (Å²) in [5, 5.41) is 23.5. The molecule has 0 fully saturated rings. The van der Waals surface area contributed by atoms with Gasteiger partial charge in [0.2, 0.25) is 10.0 Å². The summed E-state index contributed by atoms with van der Waals surface area (Å²) >= 11 is 0. The molecule has 21 heavy (non-hydrogen) atoms. The van der Waals surface area contributed by atoms with Crippen LogP contribution in [0.3, 0.4) is 0 Å². The van der Waals surface area contributed by atoms with Crippen LogP contribution in [0.15, 0.2) is 23.1 Å². The Kier molecular flexibility index (Phi) is 4.06. The molecule has 0 aliphatic carbocycles.